The van der Waals surface area contributed by atoms with Gasteiger partial charge in [-0.05, 0) is 32.6 Å². The van der Waals surface area contributed by atoms with Crippen LogP contribution in [0.3, 0.4) is 0 Å². The zero-order valence-electron chi connectivity index (χ0n) is 12.1. The zero-order valence-corrected chi connectivity index (χ0v) is 12.1. The van der Waals surface area contributed by atoms with E-state index in [1.165, 1.54) is 0 Å². The highest BCUT2D eigenvalue weighted by molar-refractivity contribution is 5.80. The lowest BCUT2D eigenvalue weighted by atomic mass is 10.2. The zero-order chi connectivity index (χ0) is 14.0. The van der Waals surface area contributed by atoms with Crippen LogP contribution in [0.25, 0.3) is 0 Å². The summed E-state index contributed by atoms with van der Waals surface area (Å²) in [6, 6.07) is -0.254. The van der Waals surface area contributed by atoms with Gasteiger partial charge in [0.2, 0.25) is 5.91 Å². The predicted molar refractivity (Wildman–Crippen MR) is 75.9 cm³/mol. The number of likely N-dealkylation sites (tertiary alicyclic amines) is 1. The van der Waals surface area contributed by atoms with Crippen molar-refractivity contribution in [2.24, 2.45) is 0 Å². The molecule has 19 heavy (non-hydrogen) atoms. The van der Waals surface area contributed by atoms with Gasteiger partial charge in [0.05, 0.1) is 17.1 Å². The topological polar surface area (TPSA) is 64.2 Å². The lowest BCUT2D eigenvalue weighted by Crippen LogP contribution is -2.34. The van der Waals surface area contributed by atoms with E-state index in [-0.39, 0.29) is 11.9 Å². The van der Waals surface area contributed by atoms with E-state index >= 15 is 0 Å². The minimum absolute atomic E-state index is 0.164. The third-order valence-electron chi connectivity index (χ3n) is 3.94. The number of nitrogens with two attached hydrogens (primary N) is 1. The van der Waals surface area contributed by atoms with Crippen LogP contribution in [0.5, 0.6) is 0 Å². The molecular weight excluding hydrogens is 240 g/mol. The van der Waals surface area contributed by atoms with Gasteiger partial charge in [-0.25, -0.2) is 0 Å². The summed E-state index contributed by atoms with van der Waals surface area (Å²) in [4.78, 5) is 14.4. The molecule has 0 spiro atoms. The molecule has 5 nitrogen and oxygen atoms in total. The maximum atomic E-state index is 12.4. The van der Waals surface area contributed by atoms with Gasteiger partial charge in [-0.15, -0.1) is 0 Å². The summed E-state index contributed by atoms with van der Waals surface area (Å²) < 4.78 is 1.83. The van der Waals surface area contributed by atoms with E-state index in [0.717, 1.165) is 55.8 Å². The first-order valence-electron chi connectivity index (χ1n) is 7.24. The summed E-state index contributed by atoms with van der Waals surface area (Å²) >= 11 is 0. The summed E-state index contributed by atoms with van der Waals surface area (Å²) in [6.07, 6.45) is 3.83. The quantitative estimate of drug-likeness (QED) is 0.901. The SMILES string of the molecule is CCc1nn(C(C)C(=O)N2CCCC2)c(CC)c1N. The Kier molecular flexibility index (Phi) is 4.12. The maximum absolute atomic E-state index is 12.4. The minimum atomic E-state index is -0.254. The van der Waals surface area contributed by atoms with Crippen LogP contribution in [0.1, 0.15) is 51.0 Å². The van der Waals surface area contributed by atoms with Crippen LogP contribution >= 0.6 is 0 Å². The molecule has 0 saturated carbocycles. The van der Waals surface area contributed by atoms with Crippen molar-refractivity contribution in [3.8, 4) is 0 Å². The number of amides is 1. The number of nitrogens with zero attached hydrogens (tertiary/aromatic N) is 3. The highest BCUT2D eigenvalue weighted by Crippen LogP contribution is 2.24. The number of hydrogen-bond acceptors (Lipinski definition) is 3. The second-order valence-corrected chi connectivity index (χ2v) is 5.17. The average molecular weight is 264 g/mol. The molecule has 1 aliphatic rings. The van der Waals surface area contributed by atoms with Crippen LogP contribution in [0.15, 0.2) is 0 Å². The standard InChI is InChI=1S/C14H24N4O/c1-4-11-13(15)12(5-2)18(16-11)10(3)14(19)17-8-6-7-9-17/h10H,4-9,15H2,1-3H3. The van der Waals surface area contributed by atoms with E-state index < -0.39 is 0 Å². The van der Waals surface area contributed by atoms with Crippen LogP contribution in [0, 0.1) is 0 Å². The molecule has 1 saturated heterocycles. The summed E-state index contributed by atoms with van der Waals surface area (Å²) in [5.74, 6) is 0.164. The van der Waals surface area contributed by atoms with Gasteiger partial charge < -0.3 is 10.6 Å². The molecule has 0 bridgehead atoms. The number of rotatable bonds is 4. The molecule has 2 N–H and O–H groups in total. The Morgan fingerprint density at radius 1 is 1.32 bits per heavy atom. The molecule has 2 rings (SSSR count). The Morgan fingerprint density at radius 3 is 2.47 bits per heavy atom. The van der Waals surface area contributed by atoms with Crippen LogP contribution in [-0.2, 0) is 17.6 Å². The second kappa shape index (κ2) is 5.63. The Labute approximate surface area is 114 Å². The van der Waals surface area contributed by atoms with Crippen molar-refractivity contribution in [2.75, 3.05) is 18.8 Å². The van der Waals surface area contributed by atoms with Crippen LogP contribution in [0.4, 0.5) is 5.69 Å². The third-order valence-corrected chi connectivity index (χ3v) is 3.94. The molecule has 1 aromatic rings. The average Bonchev–Trinajstić information content (AvgIpc) is 3.04. The molecule has 1 amide bonds. The number of aryl methyl sites for hydroxylation is 1. The first-order chi connectivity index (χ1) is 9.10. The Balaban J connectivity index is 2.27. The fourth-order valence-corrected chi connectivity index (χ4v) is 2.77. The summed E-state index contributed by atoms with van der Waals surface area (Å²) in [6.45, 7) is 7.77. The molecule has 5 heteroatoms. The van der Waals surface area contributed by atoms with Gasteiger partial charge in [-0.1, -0.05) is 13.8 Å². The van der Waals surface area contributed by atoms with Crippen LogP contribution in [-0.4, -0.2) is 33.7 Å². The van der Waals surface area contributed by atoms with E-state index in [1.54, 1.807) is 0 Å². The van der Waals surface area contributed by atoms with Crippen molar-refractivity contribution in [3.05, 3.63) is 11.4 Å². The van der Waals surface area contributed by atoms with E-state index in [1.807, 2.05) is 23.4 Å². The molecule has 2 heterocycles. The predicted octanol–water partition coefficient (Wildman–Crippen LogP) is 1.77. The molecule has 1 unspecified atom stereocenters. The maximum Gasteiger partial charge on any atom is 0.247 e. The van der Waals surface area contributed by atoms with E-state index in [2.05, 4.69) is 12.0 Å². The number of hydrogen-bond donors (Lipinski definition) is 1. The monoisotopic (exact) mass is 264 g/mol. The molecule has 1 atom stereocenters. The number of anilines is 1. The molecule has 106 valence electrons. The third kappa shape index (κ3) is 2.46. The molecule has 0 aromatic carbocycles. The van der Waals surface area contributed by atoms with Crippen molar-refractivity contribution < 1.29 is 4.79 Å². The number of carbonyl (C=O) groups excluding carboxylic acids is 1. The first-order valence-corrected chi connectivity index (χ1v) is 7.24. The molecule has 1 aromatic heterocycles. The van der Waals surface area contributed by atoms with Crippen molar-refractivity contribution in [2.45, 2.75) is 52.5 Å². The Bertz CT molecular complexity index is 460. The van der Waals surface area contributed by atoms with Gasteiger partial charge in [-0.2, -0.15) is 5.10 Å². The Morgan fingerprint density at radius 2 is 1.95 bits per heavy atom. The van der Waals surface area contributed by atoms with Gasteiger partial charge in [0.15, 0.2) is 0 Å². The van der Waals surface area contributed by atoms with E-state index in [9.17, 15) is 4.79 Å². The number of nitrogen functional groups attached to an aromatic ring is 1. The Hall–Kier alpha value is -1.52. The van der Waals surface area contributed by atoms with Crippen LogP contribution < -0.4 is 5.73 Å². The lowest BCUT2D eigenvalue weighted by molar-refractivity contribution is -0.133. The molecule has 1 fully saturated rings. The van der Waals surface area contributed by atoms with Crippen molar-refractivity contribution in [3.63, 3.8) is 0 Å². The smallest absolute Gasteiger partial charge is 0.247 e. The molecule has 1 aliphatic heterocycles. The fourth-order valence-electron chi connectivity index (χ4n) is 2.77. The van der Waals surface area contributed by atoms with Gasteiger partial charge in [0.1, 0.15) is 6.04 Å². The summed E-state index contributed by atoms with van der Waals surface area (Å²) in [7, 11) is 0. The molecular formula is C14H24N4O. The van der Waals surface area contributed by atoms with Crippen LogP contribution in [0.2, 0.25) is 0 Å². The van der Waals surface area contributed by atoms with Gasteiger partial charge in [-0.3, -0.25) is 9.48 Å². The first kappa shape index (κ1) is 13.9. The van der Waals surface area contributed by atoms with Gasteiger partial charge in [0, 0.05) is 13.1 Å². The second-order valence-electron chi connectivity index (χ2n) is 5.17. The van der Waals surface area contributed by atoms with Gasteiger partial charge >= 0.3 is 0 Å². The largest absolute Gasteiger partial charge is 0.396 e. The minimum Gasteiger partial charge on any atom is -0.396 e. The van der Waals surface area contributed by atoms with Crippen molar-refractivity contribution in [1.82, 2.24) is 14.7 Å². The highest BCUT2D eigenvalue weighted by Gasteiger charge is 2.27. The van der Waals surface area contributed by atoms with Crippen molar-refractivity contribution in [1.29, 1.82) is 0 Å². The van der Waals surface area contributed by atoms with E-state index in [4.69, 9.17) is 5.73 Å². The highest BCUT2D eigenvalue weighted by atomic mass is 16.2. The van der Waals surface area contributed by atoms with Crippen molar-refractivity contribution >= 4 is 11.6 Å². The number of aromatic nitrogens is 2. The lowest BCUT2D eigenvalue weighted by Gasteiger charge is -2.21. The molecule has 0 radical (unpaired) electrons. The number of carbonyl (C=O) groups is 1. The van der Waals surface area contributed by atoms with Gasteiger partial charge in [0.25, 0.3) is 0 Å². The van der Waals surface area contributed by atoms with E-state index in [0.29, 0.717) is 0 Å². The normalized spacial score (nSPS) is 16.9. The summed E-state index contributed by atoms with van der Waals surface area (Å²) in [5.41, 5.74) is 8.75. The summed E-state index contributed by atoms with van der Waals surface area (Å²) in [5, 5.41) is 4.54. The molecule has 0 aliphatic carbocycles. The fraction of sp³-hybridized carbons (Fsp3) is 0.714.